The Morgan fingerprint density at radius 1 is 0.933 bits per heavy atom. The Kier molecular flexibility index (Phi) is 2.75. The molecule has 0 fully saturated rings. The molecular weight excluding hydrogens is 189 g/mol. The summed E-state index contributed by atoms with van der Waals surface area (Å²) in [7, 11) is 0. The van der Waals surface area contributed by atoms with Gasteiger partial charge in [-0.05, 0) is 42.3 Å². The lowest BCUT2D eigenvalue weighted by Crippen LogP contribution is -1.80. The first kappa shape index (κ1) is 9.42. The Morgan fingerprint density at radius 3 is 2.40 bits per heavy atom. The fraction of sp³-hybridized carbons (Fsp3) is 0. The molecule has 1 aromatic carbocycles. The van der Waals surface area contributed by atoms with Crippen molar-refractivity contribution < 1.29 is 4.39 Å². The van der Waals surface area contributed by atoms with Crippen molar-refractivity contribution >= 4 is 0 Å². The van der Waals surface area contributed by atoms with E-state index in [4.69, 9.17) is 0 Å². The van der Waals surface area contributed by atoms with Crippen LogP contribution in [0.25, 0.3) is 0 Å². The molecule has 0 radical (unpaired) electrons. The molecule has 2 aromatic rings. The van der Waals surface area contributed by atoms with E-state index in [-0.39, 0.29) is 5.82 Å². The highest BCUT2D eigenvalue weighted by atomic mass is 19.1. The van der Waals surface area contributed by atoms with Crippen molar-refractivity contribution in [3.8, 4) is 11.8 Å². The molecule has 0 saturated carbocycles. The number of halogens is 1. The molecule has 1 heterocycles. The lowest BCUT2D eigenvalue weighted by molar-refractivity contribution is 0.627. The SMILES string of the molecule is Fc1ccc(C#Cc2ccccn2)cc1. The van der Waals surface area contributed by atoms with Crippen molar-refractivity contribution in [2.24, 2.45) is 0 Å². The van der Waals surface area contributed by atoms with Gasteiger partial charge in [-0.15, -0.1) is 0 Å². The Balaban J connectivity index is 2.22. The van der Waals surface area contributed by atoms with Gasteiger partial charge in [-0.2, -0.15) is 0 Å². The van der Waals surface area contributed by atoms with Crippen LogP contribution >= 0.6 is 0 Å². The van der Waals surface area contributed by atoms with Gasteiger partial charge in [-0.25, -0.2) is 9.37 Å². The zero-order valence-electron chi connectivity index (χ0n) is 7.94. The predicted molar refractivity (Wildman–Crippen MR) is 56.6 cm³/mol. The van der Waals surface area contributed by atoms with Crippen LogP contribution in [0.2, 0.25) is 0 Å². The van der Waals surface area contributed by atoms with Gasteiger partial charge in [0.1, 0.15) is 11.5 Å². The Morgan fingerprint density at radius 2 is 1.73 bits per heavy atom. The van der Waals surface area contributed by atoms with Crippen LogP contribution in [-0.2, 0) is 0 Å². The first-order valence-electron chi connectivity index (χ1n) is 4.53. The normalized spacial score (nSPS) is 9.13. The van der Waals surface area contributed by atoms with E-state index in [0.29, 0.717) is 5.69 Å². The van der Waals surface area contributed by atoms with Gasteiger partial charge in [0, 0.05) is 11.8 Å². The first-order valence-corrected chi connectivity index (χ1v) is 4.53. The molecule has 0 atom stereocenters. The van der Waals surface area contributed by atoms with Crippen LogP contribution in [-0.4, -0.2) is 4.98 Å². The molecule has 2 rings (SSSR count). The van der Waals surface area contributed by atoms with Gasteiger partial charge in [0.15, 0.2) is 0 Å². The van der Waals surface area contributed by atoms with Crippen molar-refractivity contribution in [1.82, 2.24) is 4.98 Å². The van der Waals surface area contributed by atoms with Gasteiger partial charge in [-0.1, -0.05) is 12.0 Å². The van der Waals surface area contributed by atoms with E-state index >= 15 is 0 Å². The summed E-state index contributed by atoms with van der Waals surface area (Å²) in [5, 5.41) is 0. The number of aromatic nitrogens is 1. The molecule has 0 amide bonds. The van der Waals surface area contributed by atoms with Gasteiger partial charge in [0.25, 0.3) is 0 Å². The third kappa shape index (κ3) is 2.65. The van der Waals surface area contributed by atoms with E-state index in [1.165, 1.54) is 12.1 Å². The maximum absolute atomic E-state index is 12.6. The molecule has 0 unspecified atom stereocenters. The average molecular weight is 197 g/mol. The summed E-state index contributed by atoms with van der Waals surface area (Å²) in [6, 6.07) is 11.6. The first-order chi connectivity index (χ1) is 7.34. The minimum absolute atomic E-state index is 0.251. The average Bonchev–Trinajstić information content (AvgIpc) is 2.30. The van der Waals surface area contributed by atoms with Crippen LogP contribution < -0.4 is 0 Å². The van der Waals surface area contributed by atoms with E-state index in [9.17, 15) is 4.39 Å². The molecule has 0 bridgehead atoms. The largest absolute Gasteiger partial charge is 0.248 e. The second-order valence-corrected chi connectivity index (χ2v) is 2.97. The third-order valence-electron chi connectivity index (χ3n) is 1.84. The quantitative estimate of drug-likeness (QED) is 0.591. The molecular formula is C13H8FN. The summed E-state index contributed by atoms with van der Waals surface area (Å²) in [5.41, 5.74) is 1.49. The maximum atomic E-state index is 12.6. The van der Waals surface area contributed by atoms with Crippen molar-refractivity contribution in [1.29, 1.82) is 0 Å². The molecule has 2 heteroatoms. The van der Waals surface area contributed by atoms with Crippen LogP contribution in [0.3, 0.4) is 0 Å². The summed E-state index contributed by atoms with van der Waals surface area (Å²) >= 11 is 0. The molecule has 1 aromatic heterocycles. The smallest absolute Gasteiger partial charge is 0.123 e. The molecule has 15 heavy (non-hydrogen) atoms. The number of benzene rings is 1. The van der Waals surface area contributed by atoms with Crippen LogP contribution in [0.5, 0.6) is 0 Å². The van der Waals surface area contributed by atoms with Crippen LogP contribution in [0.1, 0.15) is 11.3 Å². The summed E-state index contributed by atoms with van der Waals surface area (Å²) in [5.74, 6) is 5.55. The van der Waals surface area contributed by atoms with Gasteiger partial charge in [0.2, 0.25) is 0 Å². The minimum Gasteiger partial charge on any atom is -0.248 e. The van der Waals surface area contributed by atoms with E-state index < -0.39 is 0 Å². The summed E-state index contributed by atoms with van der Waals surface area (Å²) in [6.45, 7) is 0. The summed E-state index contributed by atoms with van der Waals surface area (Å²) in [6.07, 6.45) is 1.69. The standard InChI is InChI=1S/C13H8FN/c14-12-7-4-11(5-8-12)6-9-13-3-1-2-10-15-13/h1-5,7-8,10H. The topological polar surface area (TPSA) is 12.9 Å². The van der Waals surface area contributed by atoms with Crippen molar-refractivity contribution in [2.45, 2.75) is 0 Å². The number of hydrogen-bond donors (Lipinski definition) is 0. The zero-order valence-corrected chi connectivity index (χ0v) is 7.94. The van der Waals surface area contributed by atoms with E-state index in [2.05, 4.69) is 16.8 Å². The van der Waals surface area contributed by atoms with Crippen molar-refractivity contribution in [3.63, 3.8) is 0 Å². The lowest BCUT2D eigenvalue weighted by Gasteiger charge is -1.89. The second kappa shape index (κ2) is 4.39. The highest BCUT2D eigenvalue weighted by Gasteiger charge is 1.88. The Hall–Kier alpha value is -2.14. The molecule has 0 aliphatic rings. The predicted octanol–water partition coefficient (Wildman–Crippen LogP) is 2.62. The Labute approximate surface area is 87.6 Å². The molecule has 1 nitrogen and oxygen atoms in total. The highest BCUT2D eigenvalue weighted by molar-refractivity contribution is 5.39. The molecule has 72 valence electrons. The number of pyridine rings is 1. The number of nitrogens with zero attached hydrogens (tertiary/aromatic N) is 1. The molecule has 0 saturated heterocycles. The zero-order chi connectivity index (χ0) is 10.5. The monoisotopic (exact) mass is 197 g/mol. The van der Waals surface area contributed by atoms with Crippen LogP contribution in [0.15, 0.2) is 48.7 Å². The van der Waals surface area contributed by atoms with Crippen molar-refractivity contribution in [2.75, 3.05) is 0 Å². The van der Waals surface area contributed by atoms with Gasteiger partial charge in [-0.3, -0.25) is 0 Å². The molecule has 0 aliphatic carbocycles. The van der Waals surface area contributed by atoms with Gasteiger partial charge in [0.05, 0.1) is 0 Å². The fourth-order valence-corrected chi connectivity index (χ4v) is 1.11. The molecule has 0 spiro atoms. The molecule has 0 aliphatic heterocycles. The number of hydrogen-bond acceptors (Lipinski definition) is 1. The van der Waals surface area contributed by atoms with Gasteiger partial charge >= 0.3 is 0 Å². The van der Waals surface area contributed by atoms with Crippen molar-refractivity contribution in [3.05, 3.63) is 65.7 Å². The minimum atomic E-state index is -0.251. The van der Waals surface area contributed by atoms with Gasteiger partial charge < -0.3 is 0 Å². The highest BCUT2D eigenvalue weighted by Crippen LogP contribution is 2.01. The third-order valence-corrected chi connectivity index (χ3v) is 1.84. The van der Waals surface area contributed by atoms with E-state index in [1.807, 2.05) is 18.2 Å². The summed E-state index contributed by atoms with van der Waals surface area (Å²) < 4.78 is 12.6. The van der Waals surface area contributed by atoms with E-state index in [1.54, 1.807) is 18.3 Å². The molecule has 0 N–H and O–H groups in total. The Bertz CT molecular complexity index is 492. The van der Waals surface area contributed by atoms with Crippen LogP contribution in [0, 0.1) is 17.7 Å². The maximum Gasteiger partial charge on any atom is 0.123 e. The van der Waals surface area contributed by atoms with E-state index in [0.717, 1.165) is 5.56 Å². The van der Waals surface area contributed by atoms with Crippen LogP contribution in [0.4, 0.5) is 4.39 Å². The number of rotatable bonds is 0. The second-order valence-electron chi connectivity index (χ2n) is 2.97. The fourth-order valence-electron chi connectivity index (χ4n) is 1.11. The summed E-state index contributed by atoms with van der Waals surface area (Å²) in [4.78, 5) is 4.06. The lowest BCUT2D eigenvalue weighted by atomic mass is 10.2.